The first kappa shape index (κ1) is 17.8. The maximum absolute atomic E-state index is 12.4. The average Bonchev–Trinajstić information content (AvgIpc) is 3.24. The molecular weight excluding hydrogens is 320 g/mol. The molecule has 24 heavy (non-hydrogen) atoms. The van der Waals surface area contributed by atoms with E-state index >= 15 is 0 Å². The van der Waals surface area contributed by atoms with Crippen molar-refractivity contribution in [3.63, 3.8) is 0 Å². The number of amides is 1. The van der Waals surface area contributed by atoms with E-state index in [1.165, 1.54) is 18.4 Å². The number of carbonyl (C=O) groups is 1. The lowest BCUT2D eigenvalue weighted by atomic mass is 9.93. The summed E-state index contributed by atoms with van der Waals surface area (Å²) in [6, 6.07) is 10.7. The lowest BCUT2D eigenvalue weighted by Crippen LogP contribution is -2.56. The average molecular weight is 349 g/mol. The second kappa shape index (κ2) is 7.46. The number of carbonyl (C=O) groups excluding carboxylic acids is 1. The van der Waals surface area contributed by atoms with E-state index in [0.29, 0.717) is 18.7 Å². The van der Waals surface area contributed by atoms with Crippen molar-refractivity contribution < 1.29 is 9.90 Å². The van der Waals surface area contributed by atoms with Crippen LogP contribution in [0.2, 0.25) is 0 Å². The van der Waals surface area contributed by atoms with E-state index in [0.717, 1.165) is 18.6 Å². The molecule has 0 bridgehead atoms. The second-order valence-electron chi connectivity index (χ2n) is 7.28. The van der Waals surface area contributed by atoms with Crippen molar-refractivity contribution in [3.8, 4) is 0 Å². The van der Waals surface area contributed by atoms with Crippen LogP contribution in [-0.2, 0) is 4.79 Å². The molecule has 1 saturated heterocycles. The van der Waals surface area contributed by atoms with Crippen molar-refractivity contribution in [1.29, 1.82) is 0 Å². The van der Waals surface area contributed by atoms with Crippen LogP contribution >= 0.6 is 11.8 Å². The highest BCUT2D eigenvalue weighted by Gasteiger charge is 2.41. The van der Waals surface area contributed by atoms with Crippen LogP contribution in [-0.4, -0.2) is 40.2 Å². The molecule has 1 aromatic rings. The van der Waals surface area contributed by atoms with Gasteiger partial charge in [-0.05, 0) is 37.5 Å². The van der Waals surface area contributed by atoms with Crippen molar-refractivity contribution in [2.75, 3.05) is 18.1 Å². The van der Waals surface area contributed by atoms with E-state index in [-0.39, 0.29) is 17.5 Å². The summed E-state index contributed by atoms with van der Waals surface area (Å²) in [5.74, 6) is 1.17. The SMILES string of the molecule is CC(NC1(CNC(=O)C2(O)CCSC2)CCCC1)c1ccccc1. The highest BCUT2D eigenvalue weighted by Crippen LogP contribution is 2.33. The molecule has 0 aromatic heterocycles. The summed E-state index contributed by atoms with van der Waals surface area (Å²) in [7, 11) is 0. The third-order valence-electron chi connectivity index (χ3n) is 5.39. The van der Waals surface area contributed by atoms with Gasteiger partial charge in [-0.2, -0.15) is 11.8 Å². The summed E-state index contributed by atoms with van der Waals surface area (Å²) in [4.78, 5) is 12.4. The zero-order valence-corrected chi connectivity index (χ0v) is 15.2. The van der Waals surface area contributed by atoms with E-state index in [9.17, 15) is 9.90 Å². The maximum atomic E-state index is 12.4. The molecular formula is C19H28N2O2S. The van der Waals surface area contributed by atoms with Crippen molar-refractivity contribution in [3.05, 3.63) is 35.9 Å². The van der Waals surface area contributed by atoms with Gasteiger partial charge >= 0.3 is 0 Å². The molecule has 0 spiro atoms. The lowest BCUT2D eigenvalue weighted by Gasteiger charge is -2.35. The quantitative estimate of drug-likeness (QED) is 0.740. The number of aliphatic hydroxyl groups is 1. The van der Waals surface area contributed by atoms with Gasteiger partial charge in [0.1, 0.15) is 0 Å². The van der Waals surface area contributed by atoms with Crippen molar-refractivity contribution in [1.82, 2.24) is 10.6 Å². The van der Waals surface area contributed by atoms with Crippen LogP contribution in [0.25, 0.3) is 0 Å². The number of hydrogen-bond acceptors (Lipinski definition) is 4. The standard InChI is InChI=1S/C19H28N2O2S/c1-15(16-7-3-2-4-8-16)21-18(9-5-6-10-18)13-20-17(22)19(23)11-12-24-14-19/h2-4,7-8,15,21,23H,5-6,9-14H2,1H3,(H,20,22). The molecule has 1 saturated carbocycles. The third kappa shape index (κ3) is 3.95. The molecule has 2 aliphatic rings. The molecule has 1 aromatic carbocycles. The van der Waals surface area contributed by atoms with E-state index in [1.807, 2.05) is 6.07 Å². The van der Waals surface area contributed by atoms with Gasteiger partial charge < -0.3 is 15.7 Å². The molecule has 132 valence electrons. The first-order valence-corrected chi connectivity index (χ1v) is 10.1. The highest BCUT2D eigenvalue weighted by molar-refractivity contribution is 7.99. The fraction of sp³-hybridized carbons (Fsp3) is 0.632. The van der Waals surface area contributed by atoms with Crippen molar-refractivity contribution >= 4 is 17.7 Å². The fourth-order valence-electron chi connectivity index (χ4n) is 3.86. The van der Waals surface area contributed by atoms with Crippen LogP contribution in [0.1, 0.15) is 50.6 Å². The van der Waals surface area contributed by atoms with Crippen LogP contribution in [0.3, 0.4) is 0 Å². The van der Waals surface area contributed by atoms with Crippen LogP contribution < -0.4 is 10.6 Å². The zero-order valence-electron chi connectivity index (χ0n) is 14.4. The number of nitrogens with one attached hydrogen (secondary N) is 2. The largest absolute Gasteiger partial charge is 0.379 e. The first-order chi connectivity index (χ1) is 11.5. The Hall–Kier alpha value is -1.04. The predicted octanol–water partition coefficient (Wildman–Crippen LogP) is 2.63. The van der Waals surface area contributed by atoms with E-state index in [2.05, 4.69) is 41.8 Å². The normalized spacial score (nSPS) is 27.1. The molecule has 1 aliphatic heterocycles. The van der Waals surface area contributed by atoms with Crippen LogP contribution in [0.5, 0.6) is 0 Å². The summed E-state index contributed by atoms with van der Waals surface area (Å²) in [6.07, 6.45) is 5.06. The minimum atomic E-state index is -1.17. The number of hydrogen-bond donors (Lipinski definition) is 3. The molecule has 2 fully saturated rings. The molecule has 1 amide bonds. The molecule has 3 rings (SSSR count). The second-order valence-corrected chi connectivity index (χ2v) is 8.39. The molecule has 3 N–H and O–H groups in total. The Morgan fingerprint density at radius 2 is 1.96 bits per heavy atom. The van der Waals surface area contributed by atoms with Gasteiger partial charge in [0.15, 0.2) is 5.60 Å². The monoisotopic (exact) mass is 348 g/mol. The summed E-state index contributed by atoms with van der Waals surface area (Å²) < 4.78 is 0. The molecule has 2 atom stereocenters. The first-order valence-electron chi connectivity index (χ1n) is 8.94. The summed E-state index contributed by atoms with van der Waals surface area (Å²) >= 11 is 1.65. The third-order valence-corrected chi connectivity index (χ3v) is 6.57. The topological polar surface area (TPSA) is 61.4 Å². The van der Waals surface area contributed by atoms with E-state index < -0.39 is 5.60 Å². The molecule has 1 heterocycles. The Labute approximate surface area is 148 Å². The van der Waals surface area contributed by atoms with Crippen LogP contribution in [0.15, 0.2) is 30.3 Å². The van der Waals surface area contributed by atoms with Gasteiger partial charge in [0.05, 0.1) is 0 Å². The van der Waals surface area contributed by atoms with Gasteiger partial charge in [0.25, 0.3) is 5.91 Å². The minimum absolute atomic E-state index is 0.0625. The summed E-state index contributed by atoms with van der Waals surface area (Å²) in [5, 5.41) is 17.2. The van der Waals surface area contributed by atoms with E-state index in [4.69, 9.17) is 0 Å². The minimum Gasteiger partial charge on any atom is -0.379 e. The van der Waals surface area contributed by atoms with Gasteiger partial charge in [0, 0.05) is 23.9 Å². The number of benzene rings is 1. The number of thioether (sulfide) groups is 1. The fourth-order valence-corrected chi connectivity index (χ4v) is 5.10. The Morgan fingerprint density at radius 1 is 1.25 bits per heavy atom. The van der Waals surface area contributed by atoms with Gasteiger partial charge in [-0.25, -0.2) is 0 Å². The Morgan fingerprint density at radius 3 is 2.58 bits per heavy atom. The van der Waals surface area contributed by atoms with Crippen LogP contribution in [0.4, 0.5) is 0 Å². The zero-order chi connectivity index (χ0) is 17.0. The van der Waals surface area contributed by atoms with Gasteiger partial charge in [-0.15, -0.1) is 0 Å². The molecule has 0 radical (unpaired) electrons. The smallest absolute Gasteiger partial charge is 0.252 e. The van der Waals surface area contributed by atoms with Crippen LogP contribution in [0, 0.1) is 0 Å². The molecule has 2 unspecified atom stereocenters. The Kier molecular flexibility index (Phi) is 5.52. The van der Waals surface area contributed by atoms with Gasteiger partial charge in [0.2, 0.25) is 0 Å². The molecule has 1 aliphatic carbocycles. The summed E-state index contributed by atoms with van der Waals surface area (Å²) in [5.41, 5.74) is 0.0311. The summed E-state index contributed by atoms with van der Waals surface area (Å²) in [6.45, 7) is 2.77. The highest BCUT2D eigenvalue weighted by atomic mass is 32.2. The number of rotatable bonds is 6. The van der Waals surface area contributed by atoms with Crippen molar-refractivity contribution in [2.45, 2.75) is 56.2 Å². The molecule has 4 nitrogen and oxygen atoms in total. The maximum Gasteiger partial charge on any atom is 0.252 e. The predicted molar refractivity (Wildman–Crippen MR) is 99.1 cm³/mol. The Bertz CT molecular complexity index is 552. The van der Waals surface area contributed by atoms with E-state index in [1.54, 1.807) is 11.8 Å². The van der Waals surface area contributed by atoms with Gasteiger partial charge in [-0.3, -0.25) is 4.79 Å². The molecule has 5 heteroatoms. The Balaban J connectivity index is 1.62. The van der Waals surface area contributed by atoms with Crippen molar-refractivity contribution in [2.24, 2.45) is 0 Å². The van der Waals surface area contributed by atoms with Gasteiger partial charge in [-0.1, -0.05) is 43.2 Å². The lowest BCUT2D eigenvalue weighted by molar-refractivity contribution is -0.137.